The molecule has 1 aromatic rings. The Balaban J connectivity index is 2.21. The molecule has 0 radical (unpaired) electrons. The van der Waals surface area contributed by atoms with E-state index in [1.54, 1.807) is 12.4 Å². The number of alkyl halides is 3. The highest BCUT2D eigenvalue weighted by atomic mass is 32.1. The Labute approximate surface area is 115 Å². The second-order valence-electron chi connectivity index (χ2n) is 4.20. The normalized spacial score (nSPS) is 23.1. The van der Waals surface area contributed by atoms with Crippen LogP contribution in [0.15, 0.2) is 0 Å². The zero-order valence-corrected chi connectivity index (χ0v) is 11.2. The quantitative estimate of drug-likeness (QED) is 0.812. The molecule has 1 saturated heterocycles. The van der Waals surface area contributed by atoms with Crippen molar-refractivity contribution in [3.8, 4) is 0 Å². The Bertz CT molecular complexity index is 560. The number of rotatable bonds is 3. The molecular formula is C9H10F3N5O2S. The van der Waals surface area contributed by atoms with Crippen LogP contribution in [0.5, 0.6) is 0 Å². The van der Waals surface area contributed by atoms with E-state index in [0.717, 1.165) is 11.3 Å². The number of imide groups is 1. The number of carbonyl (C=O) groups excluding carboxylic acids is 2. The van der Waals surface area contributed by atoms with Crippen molar-refractivity contribution in [3.63, 3.8) is 0 Å². The molecule has 3 amide bonds. The summed E-state index contributed by atoms with van der Waals surface area (Å²) in [7, 11) is 1.60. The molecule has 1 atom stereocenters. The van der Waals surface area contributed by atoms with Crippen molar-refractivity contribution in [3.05, 3.63) is 5.01 Å². The van der Waals surface area contributed by atoms with Gasteiger partial charge in [0.2, 0.25) is 10.7 Å². The first-order chi connectivity index (χ1) is 9.19. The lowest BCUT2D eigenvalue weighted by Crippen LogP contribution is -2.56. The maximum absolute atomic E-state index is 12.8. The topological polar surface area (TPSA) is 87.2 Å². The SMILES string of the molecule is CNc1nnc(CN2C(=O)NC(C)(C(F)(F)F)C2=O)s1. The van der Waals surface area contributed by atoms with Crippen LogP contribution in [0.1, 0.15) is 11.9 Å². The summed E-state index contributed by atoms with van der Waals surface area (Å²) in [5.74, 6) is -1.35. The van der Waals surface area contributed by atoms with Crippen molar-refractivity contribution < 1.29 is 22.8 Å². The molecule has 2 N–H and O–H groups in total. The van der Waals surface area contributed by atoms with E-state index in [1.807, 2.05) is 0 Å². The molecule has 20 heavy (non-hydrogen) atoms. The largest absolute Gasteiger partial charge is 0.420 e. The van der Waals surface area contributed by atoms with Crippen molar-refractivity contribution in [1.29, 1.82) is 0 Å². The van der Waals surface area contributed by atoms with E-state index in [9.17, 15) is 22.8 Å². The number of hydrogen-bond donors (Lipinski definition) is 2. The molecule has 7 nitrogen and oxygen atoms in total. The van der Waals surface area contributed by atoms with E-state index < -0.39 is 23.7 Å². The van der Waals surface area contributed by atoms with Crippen LogP contribution in [0.4, 0.5) is 23.1 Å². The summed E-state index contributed by atoms with van der Waals surface area (Å²) in [5.41, 5.74) is -2.90. The monoisotopic (exact) mass is 309 g/mol. The molecule has 0 spiro atoms. The number of hydrogen-bond acceptors (Lipinski definition) is 6. The van der Waals surface area contributed by atoms with Crippen LogP contribution in [-0.2, 0) is 11.3 Å². The van der Waals surface area contributed by atoms with E-state index in [-0.39, 0.29) is 11.6 Å². The minimum absolute atomic E-state index is 0.254. The number of urea groups is 1. The third kappa shape index (κ3) is 2.17. The van der Waals surface area contributed by atoms with Gasteiger partial charge in [-0.1, -0.05) is 11.3 Å². The first kappa shape index (κ1) is 14.5. The van der Waals surface area contributed by atoms with Gasteiger partial charge in [0.25, 0.3) is 5.91 Å². The molecule has 110 valence electrons. The Morgan fingerprint density at radius 1 is 1.40 bits per heavy atom. The van der Waals surface area contributed by atoms with Crippen molar-refractivity contribution in [2.24, 2.45) is 0 Å². The van der Waals surface area contributed by atoms with Gasteiger partial charge in [0.1, 0.15) is 5.01 Å². The minimum Gasteiger partial charge on any atom is -0.363 e. The third-order valence-electron chi connectivity index (χ3n) is 2.82. The Morgan fingerprint density at radius 2 is 2.05 bits per heavy atom. The van der Waals surface area contributed by atoms with Crippen LogP contribution >= 0.6 is 11.3 Å². The molecular weight excluding hydrogens is 299 g/mol. The lowest BCUT2D eigenvalue weighted by Gasteiger charge is -2.24. The molecule has 1 unspecified atom stereocenters. The molecule has 1 aliphatic rings. The molecule has 11 heteroatoms. The van der Waals surface area contributed by atoms with Crippen LogP contribution in [0, 0.1) is 0 Å². The predicted octanol–water partition coefficient (Wildman–Crippen LogP) is 0.953. The summed E-state index contributed by atoms with van der Waals surface area (Å²) >= 11 is 1.04. The maximum Gasteiger partial charge on any atom is 0.420 e. The number of nitrogens with zero attached hydrogens (tertiary/aromatic N) is 3. The first-order valence-corrected chi connectivity index (χ1v) is 6.21. The highest BCUT2D eigenvalue weighted by Gasteiger charge is 2.64. The van der Waals surface area contributed by atoms with Gasteiger partial charge in [-0.05, 0) is 6.92 Å². The van der Waals surface area contributed by atoms with Crippen LogP contribution in [0.25, 0.3) is 0 Å². The van der Waals surface area contributed by atoms with Crippen molar-refractivity contribution in [1.82, 2.24) is 20.4 Å². The van der Waals surface area contributed by atoms with E-state index in [4.69, 9.17) is 0 Å². The zero-order valence-electron chi connectivity index (χ0n) is 10.4. The summed E-state index contributed by atoms with van der Waals surface area (Å²) in [5, 5.41) is 12.4. The van der Waals surface area contributed by atoms with E-state index in [0.29, 0.717) is 17.0 Å². The molecule has 2 rings (SSSR count). The fourth-order valence-electron chi connectivity index (χ4n) is 1.59. The van der Waals surface area contributed by atoms with Crippen LogP contribution in [0.3, 0.4) is 0 Å². The smallest absolute Gasteiger partial charge is 0.363 e. The number of aromatic nitrogens is 2. The fourth-order valence-corrected chi connectivity index (χ4v) is 2.27. The average molecular weight is 309 g/mol. The van der Waals surface area contributed by atoms with Gasteiger partial charge in [-0.3, -0.25) is 9.69 Å². The second-order valence-corrected chi connectivity index (χ2v) is 5.26. The molecule has 0 aromatic carbocycles. The molecule has 0 saturated carbocycles. The van der Waals surface area contributed by atoms with Crippen molar-refractivity contribution in [2.75, 3.05) is 12.4 Å². The summed E-state index contributed by atoms with van der Waals surface area (Å²) in [6.45, 7) is 0.280. The van der Waals surface area contributed by atoms with Gasteiger partial charge in [-0.15, -0.1) is 10.2 Å². The highest BCUT2D eigenvalue weighted by molar-refractivity contribution is 7.15. The zero-order chi connectivity index (χ0) is 15.1. The van der Waals surface area contributed by atoms with E-state index >= 15 is 0 Å². The van der Waals surface area contributed by atoms with Gasteiger partial charge in [-0.2, -0.15) is 13.2 Å². The lowest BCUT2D eigenvalue weighted by molar-refractivity contribution is -0.191. The standard InChI is InChI=1S/C9H10F3N5O2S/c1-8(9(10,11)12)5(18)17(7(19)14-8)3-4-15-16-6(13-2)20-4/h3H2,1-2H3,(H,13,16)(H,14,19). The van der Waals surface area contributed by atoms with Gasteiger partial charge in [0.05, 0.1) is 6.54 Å². The Kier molecular flexibility index (Phi) is 3.32. The van der Waals surface area contributed by atoms with Gasteiger partial charge in [0, 0.05) is 7.05 Å². The molecule has 0 bridgehead atoms. The molecule has 1 aromatic heterocycles. The fraction of sp³-hybridized carbons (Fsp3) is 0.556. The first-order valence-electron chi connectivity index (χ1n) is 5.40. The number of anilines is 1. The summed E-state index contributed by atoms with van der Waals surface area (Å²) in [6.07, 6.45) is -4.87. The van der Waals surface area contributed by atoms with Gasteiger partial charge in [-0.25, -0.2) is 4.79 Å². The van der Waals surface area contributed by atoms with Crippen LogP contribution < -0.4 is 10.6 Å². The average Bonchev–Trinajstić information content (AvgIpc) is 2.88. The summed E-state index contributed by atoms with van der Waals surface area (Å²) in [4.78, 5) is 23.9. The highest BCUT2D eigenvalue weighted by Crippen LogP contribution is 2.35. The van der Waals surface area contributed by atoms with Gasteiger partial charge >= 0.3 is 12.2 Å². The molecule has 1 aliphatic heterocycles. The number of amides is 3. The third-order valence-corrected chi connectivity index (χ3v) is 3.74. The molecule has 0 aliphatic carbocycles. The second kappa shape index (κ2) is 4.58. The van der Waals surface area contributed by atoms with Crippen LogP contribution in [0.2, 0.25) is 0 Å². The summed E-state index contributed by atoms with van der Waals surface area (Å²) in [6, 6.07) is -1.10. The predicted molar refractivity (Wildman–Crippen MR) is 63.0 cm³/mol. The van der Waals surface area contributed by atoms with Gasteiger partial charge < -0.3 is 10.6 Å². The number of halogens is 3. The van der Waals surface area contributed by atoms with Crippen molar-refractivity contribution >= 4 is 28.4 Å². The lowest BCUT2D eigenvalue weighted by atomic mass is 10.0. The van der Waals surface area contributed by atoms with Gasteiger partial charge in [0.15, 0.2) is 0 Å². The van der Waals surface area contributed by atoms with Crippen molar-refractivity contribution in [2.45, 2.75) is 25.2 Å². The van der Waals surface area contributed by atoms with E-state index in [2.05, 4.69) is 15.5 Å². The maximum atomic E-state index is 12.8. The Hall–Kier alpha value is -1.91. The van der Waals surface area contributed by atoms with E-state index in [1.165, 1.54) is 0 Å². The molecule has 2 heterocycles. The van der Waals surface area contributed by atoms with Crippen LogP contribution in [-0.4, -0.2) is 45.8 Å². The number of carbonyl (C=O) groups is 2. The summed E-state index contributed by atoms with van der Waals surface area (Å²) < 4.78 is 38.5. The molecule has 1 fully saturated rings. The Morgan fingerprint density at radius 3 is 2.50 bits per heavy atom. The number of nitrogens with one attached hydrogen (secondary N) is 2. The minimum atomic E-state index is -4.87.